The normalized spacial score (nSPS) is 13.4. The van der Waals surface area contributed by atoms with E-state index in [0.717, 1.165) is 12.6 Å². The summed E-state index contributed by atoms with van der Waals surface area (Å²) in [6.45, 7) is 1.72. The largest absolute Gasteiger partial charge is 0.480 e. The molecule has 5 amide bonds. The van der Waals surface area contributed by atoms with Gasteiger partial charge in [-0.3, -0.25) is 24.0 Å². The molecule has 0 spiro atoms. The van der Waals surface area contributed by atoms with Gasteiger partial charge in [0.15, 0.2) is 0 Å². The number of carboxylic acid groups (broad SMARTS) is 1. The molecule has 15 heteroatoms. The van der Waals surface area contributed by atoms with Gasteiger partial charge in [-0.15, -0.1) is 0 Å². The van der Waals surface area contributed by atoms with Crippen LogP contribution in [0.15, 0.2) is 91.0 Å². The van der Waals surface area contributed by atoms with E-state index in [1.807, 2.05) is 18.2 Å². The highest BCUT2D eigenvalue weighted by Gasteiger charge is 2.44. The summed E-state index contributed by atoms with van der Waals surface area (Å²) in [7, 11) is -1.98. The SMILES string of the molecule is C[C@H](NC(=O)[C@@H](N)CS)C(=O)N[C@@H](CCC(N)=O)C(=O)N[C@@H](CCCCNC(=O)CCCC[P+](c1ccccc1)(c1ccccc1)c1ccccc1)C(=O)O. The second-order valence-electron chi connectivity index (χ2n) is 13.3. The Hall–Kier alpha value is -4.78. The number of primary amides is 1. The van der Waals surface area contributed by atoms with Gasteiger partial charge in [-0.1, -0.05) is 54.6 Å². The Morgan fingerprint density at radius 2 is 1.20 bits per heavy atom. The molecule has 0 bridgehead atoms. The topological polar surface area (TPSA) is 223 Å². The molecule has 55 heavy (non-hydrogen) atoms. The van der Waals surface area contributed by atoms with Gasteiger partial charge < -0.3 is 37.8 Å². The van der Waals surface area contributed by atoms with Gasteiger partial charge in [0.05, 0.1) is 12.2 Å². The van der Waals surface area contributed by atoms with Gasteiger partial charge >= 0.3 is 5.97 Å². The predicted octanol–water partition coefficient (Wildman–Crippen LogP) is 1.52. The van der Waals surface area contributed by atoms with Crippen molar-refractivity contribution >= 4 is 71.3 Å². The third kappa shape index (κ3) is 14.1. The molecule has 0 aliphatic carbocycles. The number of carbonyl (C=O) groups excluding carboxylic acids is 5. The van der Waals surface area contributed by atoms with Gasteiger partial charge in [0.2, 0.25) is 29.5 Å². The van der Waals surface area contributed by atoms with Crippen LogP contribution in [-0.2, 0) is 28.8 Å². The molecule has 0 aliphatic rings. The maximum atomic E-state index is 13.1. The fraction of sp³-hybridized carbons (Fsp3) is 0.400. The number of carbonyl (C=O) groups is 6. The Morgan fingerprint density at radius 3 is 1.69 bits per heavy atom. The fourth-order valence-electron chi connectivity index (χ4n) is 6.16. The van der Waals surface area contributed by atoms with Crippen molar-refractivity contribution in [2.75, 3.05) is 18.5 Å². The maximum Gasteiger partial charge on any atom is 0.326 e. The van der Waals surface area contributed by atoms with Crippen LogP contribution >= 0.6 is 19.9 Å². The Labute approximate surface area is 328 Å². The zero-order valence-corrected chi connectivity index (χ0v) is 33.0. The Balaban J connectivity index is 1.50. The highest BCUT2D eigenvalue weighted by molar-refractivity contribution is 7.95. The average Bonchev–Trinajstić information content (AvgIpc) is 3.19. The Kier molecular flexibility index (Phi) is 18.8. The fourth-order valence-corrected chi connectivity index (χ4v) is 10.7. The lowest BCUT2D eigenvalue weighted by molar-refractivity contribution is -0.142. The lowest BCUT2D eigenvalue weighted by atomic mass is 10.1. The lowest BCUT2D eigenvalue weighted by Crippen LogP contribution is -2.56. The lowest BCUT2D eigenvalue weighted by Gasteiger charge is -2.27. The summed E-state index contributed by atoms with van der Waals surface area (Å²) in [5.74, 6) is -4.21. The third-order valence-electron chi connectivity index (χ3n) is 9.19. The molecule has 9 N–H and O–H groups in total. The van der Waals surface area contributed by atoms with Crippen molar-refractivity contribution in [3.05, 3.63) is 91.0 Å². The molecule has 296 valence electrons. The standard InChI is InChI=1S/C40H53N6O7PS/c1-28(44-38(50)32(41)27-55)37(49)45-33(23-24-35(42)47)39(51)46-34(40(52)53)21-11-13-25-43-36(48)22-12-14-26-54(29-15-5-2-6-16-29,30-17-7-3-8-18-30)31-19-9-4-10-20-31/h2-10,15-20,28,32-34H,11-14,21-27,41H2,1H3,(H7-,42,43,44,45,46,47,48,49,50,51,52,53,55)/p+1/t28-,32-,33-,34-/m0/s1. The van der Waals surface area contributed by atoms with Gasteiger partial charge in [-0.05, 0) is 81.8 Å². The number of hydrogen-bond donors (Lipinski definition) is 8. The molecule has 0 aromatic heterocycles. The van der Waals surface area contributed by atoms with Crippen molar-refractivity contribution in [1.82, 2.24) is 21.3 Å². The number of nitrogens with one attached hydrogen (secondary N) is 4. The van der Waals surface area contributed by atoms with Crippen molar-refractivity contribution in [2.24, 2.45) is 11.5 Å². The number of amides is 5. The van der Waals surface area contributed by atoms with Crippen LogP contribution in [0, 0.1) is 0 Å². The smallest absolute Gasteiger partial charge is 0.326 e. The number of nitrogens with two attached hydrogens (primary N) is 2. The number of hydrogen-bond acceptors (Lipinski definition) is 8. The second-order valence-corrected chi connectivity index (χ2v) is 17.3. The van der Waals surface area contributed by atoms with E-state index in [9.17, 15) is 33.9 Å². The van der Waals surface area contributed by atoms with Crippen LogP contribution in [0.2, 0.25) is 0 Å². The summed E-state index contributed by atoms with van der Waals surface area (Å²) in [4.78, 5) is 74.2. The number of carboxylic acids is 1. The first-order valence-corrected chi connectivity index (χ1v) is 21.1. The molecule has 0 saturated heterocycles. The first-order valence-electron chi connectivity index (χ1n) is 18.5. The summed E-state index contributed by atoms with van der Waals surface area (Å²) in [6, 6.07) is 27.2. The quantitative estimate of drug-likeness (QED) is 0.0377. The molecule has 0 fully saturated rings. The van der Waals surface area contributed by atoms with Crippen LogP contribution in [0.4, 0.5) is 0 Å². The van der Waals surface area contributed by atoms with Crippen LogP contribution in [0.25, 0.3) is 0 Å². The molecule has 0 unspecified atom stereocenters. The molecule has 0 heterocycles. The number of thiol groups is 1. The highest BCUT2D eigenvalue weighted by atomic mass is 32.1. The van der Waals surface area contributed by atoms with Crippen molar-refractivity contribution in [3.63, 3.8) is 0 Å². The molecular weight excluding hydrogens is 740 g/mol. The van der Waals surface area contributed by atoms with E-state index in [1.165, 1.54) is 22.8 Å². The highest BCUT2D eigenvalue weighted by Crippen LogP contribution is 2.55. The number of benzene rings is 3. The van der Waals surface area contributed by atoms with Gasteiger partial charge in [0.25, 0.3) is 0 Å². The van der Waals surface area contributed by atoms with Crippen LogP contribution in [-0.4, -0.2) is 83.2 Å². The maximum absolute atomic E-state index is 13.1. The van der Waals surface area contributed by atoms with Crippen LogP contribution in [0.1, 0.15) is 58.3 Å². The number of aliphatic carboxylic acids is 1. The van der Waals surface area contributed by atoms with E-state index >= 15 is 0 Å². The van der Waals surface area contributed by atoms with Gasteiger partial charge in [-0.2, -0.15) is 12.6 Å². The molecule has 4 atom stereocenters. The zero-order valence-electron chi connectivity index (χ0n) is 31.2. The van der Waals surface area contributed by atoms with Gasteiger partial charge in [0, 0.05) is 25.1 Å². The minimum atomic E-state index is -1.98. The van der Waals surface area contributed by atoms with E-state index in [2.05, 4.69) is 107 Å². The zero-order chi connectivity index (χ0) is 40.2. The Morgan fingerprint density at radius 1 is 0.673 bits per heavy atom. The van der Waals surface area contributed by atoms with Gasteiger partial charge in [-0.25, -0.2) is 4.79 Å². The van der Waals surface area contributed by atoms with Crippen molar-refractivity contribution in [3.8, 4) is 0 Å². The summed E-state index contributed by atoms with van der Waals surface area (Å²) in [5, 5.41) is 23.9. The first-order chi connectivity index (χ1) is 26.4. The molecule has 13 nitrogen and oxygen atoms in total. The van der Waals surface area contributed by atoms with E-state index in [1.54, 1.807) is 0 Å². The summed E-state index contributed by atoms with van der Waals surface area (Å²) < 4.78 is 0. The molecular formula is C40H54N6O7PS+. The summed E-state index contributed by atoms with van der Waals surface area (Å²) in [5.41, 5.74) is 10.9. The average molecular weight is 794 g/mol. The Bertz CT molecular complexity index is 1610. The molecule has 3 aromatic carbocycles. The molecule has 0 aliphatic heterocycles. The minimum Gasteiger partial charge on any atom is -0.480 e. The van der Waals surface area contributed by atoms with E-state index in [0.29, 0.717) is 32.2 Å². The van der Waals surface area contributed by atoms with Crippen molar-refractivity contribution in [1.29, 1.82) is 0 Å². The van der Waals surface area contributed by atoms with Crippen molar-refractivity contribution in [2.45, 2.75) is 82.5 Å². The molecule has 3 rings (SSSR count). The van der Waals surface area contributed by atoms with Crippen LogP contribution < -0.4 is 48.6 Å². The minimum absolute atomic E-state index is 0.0505. The summed E-state index contributed by atoms with van der Waals surface area (Å²) >= 11 is 3.96. The second kappa shape index (κ2) is 23.2. The first kappa shape index (κ1) is 44.6. The third-order valence-corrected chi connectivity index (χ3v) is 14.1. The van der Waals surface area contributed by atoms with E-state index < -0.39 is 61.0 Å². The number of unbranched alkanes of at least 4 members (excludes halogenated alkanes) is 2. The van der Waals surface area contributed by atoms with E-state index in [4.69, 9.17) is 11.5 Å². The number of rotatable bonds is 24. The molecule has 0 saturated carbocycles. The van der Waals surface area contributed by atoms with Crippen LogP contribution in [0.5, 0.6) is 0 Å². The van der Waals surface area contributed by atoms with Gasteiger partial charge in [0.1, 0.15) is 41.3 Å². The monoisotopic (exact) mass is 793 g/mol. The van der Waals surface area contributed by atoms with Crippen LogP contribution in [0.3, 0.4) is 0 Å². The van der Waals surface area contributed by atoms with Crippen molar-refractivity contribution < 1.29 is 33.9 Å². The predicted molar refractivity (Wildman–Crippen MR) is 220 cm³/mol. The summed E-state index contributed by atoms with van der Waals surface area (Å²) in [6.07, 6.45) is 3.29. The molecule has 3 aromatic rings. The van der Waals surface area contributed by atoms with E-state index in [-0.39, 0.29) is 30.9 Å². The molecule has 0 radical (unpaired) electrons.